The van der Waals surface area contributed by atoms with E-state index in [0.717, 1.165) is 0 Å². The molecule has 2 rings (SSSR count). The van der Waals surface area contributed by atoms with Gasteiger partial charge >= 0.3 is 12.0 Å². The van der Waals surface area contributed by atoms with E-state index in [9.17, 15) is 14.4 Å². The lowest BCUT2D eigenvalue weighted by Crippen LogP contribution is -2.51. The maximum absolute atomic E-state index is 12.2. The molecule has 1 aliphatic heterocycles. The summed E-state index contributed by atoms with van der Waals surface area (Å²) in [6.45, 7) is 4.91. The molecule has 1 heterocycles. The van der Waals surface area contributed by atoms with Crippen LogP contribution in [0, 0.1) is 0 Å². The molecule has 0 aromatic heterocycles. The van der Waals surface area contributed by atoms with E-state index in [2.05, 4.69) is 5.32 Å². The Kier molecular flexibility index (Phi) is 4.98. The van der Waals surface area contributed by atoms with Crippen LogP contribution in [0.15, 0.2) is 24.3 Å². The lowest BCUT2D eigenvalue weighted by atomic mass is 10.3. The summed E-state index contributed by atoms with van der Waals surface area (Å²) in [7, 11) is 0. The number of piperazine rings is 1. The number of amides is 3. The monoisotopic (exact) mass is 305 g/mol. The number of rotatable bonds is 2. The Morgan fingerprint density at radius 2 is 1.68 bits per heavy atom. The van der Waals surface area contributed by atoms with Crippen LogP contribution in [-0.4, -0.2) is 53.9 Å². The van der Waals surface area contributed by atoms with Gasteiger partial charge in [-0.15, -0.1) is 0 Å². The third-order valence-electron chi connectivity index (χ3n) is 3.36. The zero-order chi connectivity index (χ0) is 16.1. The molecule has 22 heavy (non-hydrogen) atoms. The van der Waals surface area contributed by atoms with Crippen LogP contribution in [0.4, 0.5) is 10.5 Å². The summed E-state index contributed by atoms with van der Waals surface area (Å²) in [5.74, 6) is -0.00956. The number of benzene rings is 1. The van der Waals surface area contributed by atoms with Crippen molar-refractivity contribution in [3.63, 3.8) is 0 Å². The summed E-state index contributed by atoms with van der Waals surface area (Å²) in [6, 6.07) is 6.41. The van der Waals surface area contributed by atoms with Gasteiger partial charge in [0.1, 0.15) is 5.75 Å². The maximum Gasteiger partial charge on any atom is 0.321 e. The van der Waals surface area contributed by atoms with E-state index in [1.54, 1.807) is 34.1 Å². The lowest BCUT2D eigenvalue weighted by molar-refractivity contribution is -0.132. The van der Waals surface area contributed by atoms with Crippen molar-refractivity contribution in [1.82, 2.24) is 9.80 Å². The molecule has 1 aliphatic rings. The summed E-state index contributed by atoms with van der Waals surface area (Å²) < 4.78 is 4.97. The molecular weight excluding hydrogens is 286 g/mol. The van der Waals surface area contributed by atoms with Gasteiger partial charge in [0.15, 0.2) is 0 Å². The number of nitrogens with zero attached hydrogens (tertiary/aromatic N) is 2. The van der Waals surface area contributed by atoms with E-state index in [1.165, 1.54) is 13.8 Å². The van der Waals surface area contributed by atoms with Crippen LogP contribution >= 0.6 is 0 Å². The van der Waals surface area contributed by atoms with E-state index in [0.29, 0.717) is 37.6 Å². The van der Waals surface area contributed by atoms with E-state index >= 15 is 0 Å². The van der Waals surface area contributed by atoms with Crippen molar-refractivity contribution in [2.75, 3.05) is 31.5 Å². The molecule has 0 spiro atoms. The lowest BCUT2D eigenvalue weighted by Gasteiger charge is -2.34. The van der Waals surface area contributed by atoms with Gasteiger partial charge in [-0.1, -0.05) is 6.07 Å². The van der Waals surface area contributed by atoms with Crippen molar-refractivity contribution in [2.24, 2.45) is 0 Å². The van der Waals surface area contributed by atoms with Gasteiger partial charge in [-0.3, -0.25) is 9.59 Å². The minimum absolute atomic E-state index is 0.0224. The van der Waals surface area contributed by atoms with Crippen LogP contribution in [-0.2, 0) is 9.59 Å². The summed E-state index contributed by atoms with van der Waals surface area (Å²) in [5, 5.41) is 2.76. The molecule has 1 aromatic rings. The van der Waals surface area contributed by atoms with Crippen molar-refractivity contribution >= 4 is 23.6 Å². The first-order chi connectivity index (χ1) is 10.5. The standard InChI is InChI=1S/C15H19N3O4/c1-11(19)17-6-8-18(9-7-17)15(21)16-13-4-3-5-14(10-13)22-12(2)20/h3-5,10H,6-9H2,1-2H3,(H,16,21). The molecule has 0 unspecified atom stereocenters. The number of urea groups is 1. The molecule has 7 heteroatoms. The number of carbonyl (C=O) groups is 3. The minimum atomic E-state index is -0.413. The zero-order valence-electron chi connectivity index (χ0n) is 12.7. The largest absolute Gasteiger partial charge is 0.427 e. The molecule has 3 amide bonds. The predicted molar refractivity (Wildman–Crippen MR) is 80.6 cm³/mol. The van der Waals surface area contributed by atoms with Gasteiger partial charge in [0, 0.05) is 51.8 Å². The van der Waals surface area contributed by atoms with Crippen molar-refractivity contribution in [3.05, 3.63) is 24.3 Å². The molecule has 118 valence electrons. The highest BCUT2D eigenvalue weighted by atomic mass is 16.5. The van der Waals surface area contributed by atoms with Gasteiger partial charge in [-0.25, -0.2) is 4.79 Å². The molecule has 1 N–H and O–H groups in total. The van der Waals surface area contributed by atoms with Gasteiger partial charge in [0.2, 0.25) is 5.91 Å². The summed E-state index contributed by atoms with van der Waals surface area (Å²) in [5.41, 5.74) is 0.553. The highest BCUT2D eigenvalue weighted by molar-refractivity contribution is 5.89. The van der Waals surface area contributed by atoms with Crippen molar-refractivity contribution in [3.8, 4) is 5.75 Å². The third-order valence-corrected chi connectivity index (χ3v) is 3.36. The Balaban J connectivity index is 1.92. The van der Waals surface area contributed by atoms with Gasteiger partial charge in [0.25, 0.3) is 0 Å². The molecule has 1 aromatic carbocycles. The quantitative estimate of drug-likeness (QED) is 0.660. The van der Waals surface area contributed by atoms with E-state index in [-0.39, 0.29) is 11.9 Å². The van der Waals surface area contributed by atoms with E-state index < -0.39 is 5.97 Å². The Hall–Kier alpha value is -2.57. The van der Waals surface area contributed by atoms with Crippen LogP contribution < -0.4 is 10.1 Å². The van der Waals surface area contributed by atoms with Gasteiger partial charge in [-0.05, 0) is 12.1 Å². The number of hydrogen-bond donors (Lipinski definition) is 1. The maximum atomic E-state index is 12.2. The van der Waals surface area contributed by atoms with Crippen LogP contribution in [0.5, 0.6) is 5.75 Å². The molecule has 0 saturated carbocycles. The van der Waals surface area contributed by atoms with Crippen LogP contribution in [0.1, 0.15) is 13.8 Å². The van der Waals surface area contributed by atoms with Gasteiger partial charge in [0.05, 0.1) is 0 Å². The fraction of sp³-hybridized carbons (Fsp3) is 0.400. The van der Waals surface area contributed by atoms with Crippen molar-refractivity contribution in [2.45, 2.75) is 13.8 Å². The molecule has 1 saturated heterocycles. The highest BCUT2D eigenvalue weighted by Crippen LogP contribution is 2.18. The third kappa shape index (κ3) is 4.21. The Morgan fingerprint density at radius 3 is 2.27 bits per heavy atom. The molecular formula is C15H19N3O4. The second-order valence-electron chi connectivity index (χ2n) is 5.04. The molecule has 0 bridgehead atoms. The second kappa shape index (κ2) is 6.93. The SMILES string of the molecule is CC(=O)Oc1cccc(NC(=O)N2CCN(C(C)=O)CC2)c1. The number of carbonyl (C=O) groups excluding carboxylic acids is 3. The molecule has 0 atom stereocenters. The molecule has 0 radical (unpaired) electrons. The average molecular weight is 305 g/mol. The highest BCUT2D eigenvalue weighted by Gasteiger charge is 2.22. The van der Waals surface area contributed by atoms with Crippen molar-refractivity contribution < 1.29 is 19.1 Å². The van der Waals surface area contributed by atoms with Gasteiger partial charge < -0.3 is 19.9 Å². The number of ether oxygens (including phenoxy) is 1. The van der Waals surface area contributed by atoms with Crippen LogP contribution in [0.3, 0.4) is 0 Å². The van der Waals surface area contributed by atoms with Crippen molar-refractivity contribution in [1.29, 1.82) is 0 Å². The first-order valence-electron chi connectivity index (χ1n) is 7.05. The zero-order valence-corrected chi connectivity index (χ0v) is 12.7. The summed E-state index contributed by atoms with van der Waals surface area (Å²) >= 11 is 0. The second-order valence-corrected chi connectivity index (χ2v) is 5.04. The fourth-order valence-corrected chi connectivity index (χ4v) is 2.23. The molecule has 0 aliphatic carbocycles. The topological polar surface area (TPSA) is 79.0 Å². The first kappa shape index (κ1) is 15.8. The van der Waals surface area contributed by atoms with E-state index in [4.69, 9.17) is 4.74 Å². The van der Waals surface area contributed by atoms with E-state index in [1.807, 2.05) is 0 Å². The van der Waals surface area contributed by atoms with Gasteiger partial charge in [-0.2, -0.15) is 0 Å². The summed E-state index contributed by atoms with van der Waals surface area (Å²) in [4.78, 5) is 37.7. The van der Waals surface area contributed by atoms with Crippen LogP contribution in [0.2, 0.25) is 0 Å². The Bertz CT molecular complexity index is 580. The first-order valence-corrected chi connectivity index (χ1v) is 7.05. The molecule has 7 nitrogen and oxygen atoms in total. The normalized spacial score (nSPS) is 14.5. The Labute approximate surface area is 128 Å². The summed E-state index contributed by atoms with van der Waals surface area (Å²) in [6.07, 6.45) is 0. The molecule has 1 fully saturated rings. The number of nitrogens with one attached hydrogen (secondary N) is 1. The predicted octanol–water partition coefficient (Wildman–Crippen LogP) is 1.31. The fourth-order valence-electron chi connectivity index (χ4n) is 2.23. The van der Waals surface area contributed by atoms with Crippen LogP contribution in [0.25, 0.3) is 0 Å². The smallest absolute Gasteiger partial charge is 0.321 e. The average Bonchev–Trinajstić information content (AvgIpc) is 2.47. The number of esters is 1. The minimum Gasteiger partial charge on any atom is -0.427 e. The Morgan fingerprint density at radius 1 is 1.05 bits per heavy atom. The number of anilines is 1. The number of hydrogen-bond acceptors (Lipinski definition) is 4.